The predicted molar refractivity (Wildman–Crippen MR) is 97.3 cm³/mol. The van der Waals surface area contributed by atoms with E-state index in [1.54, 1.807) is 12.1 Å². The van der Waals surface area contributed by atoms with Gasteiger partial charge >= 0.3 is 0 Å². The molecule has 0 bridgehead atoms. The van der Waals surface area contributed by atoms with Crippen LogP contribution in [0.15, 0.2) is 53.6 Å². The molecule has 7 heteroatoms. The Labute approximate surface area is 148 Å². The highest BCUT2D eigenvalue weighted by Gasteiger charge is 2.27. The quantitative estimate of drug-likeness (QED) is 0.821. The molecule has 1 atom stereocenters. The maximum absolute atomic E-state index is 12.5. The Morgan fingerprint density at radius 3 is 2.52 bits per heavy atom. The van der Waals surface area contributed by atoms with Crippen LogP contribution in [0.4, 0.5) is 5.82 Å². The van der Waals surface area contributed by atoms with Gasteiger partial charge in [0.15, 0.2) is 0 Å². The summed E-state index contributed by atoms with van der Waals surface area (Å²) in [5.41, 5.74) is 0. The maximum Gasteiger partial charge on any atom is 0.244 e. The standard InChI is InChI=1S/C18H23N3O3S/c1-15(24-16-7-3-2-4-8-16)13-19-18-10-9-17(14-20-18)25(22,23)21-11-5-6-12-21/h2-4,7-10,14-15H,5-6,11-13H2,1H3,(H,19,20). The van der Waals surface area contributed by atoms with Crippen molar-refractivity contribution in [1.82, 2.24) is 9.29 Å². The average Bonchev–Trinajstić information content (AvgIpc) is 3.17. The van der Waals surface area contributed by atoms with E-state index in [-0.39, 0.29) is 11.0 Å². The molecule has 1 saturated heterocycles. The van der Waals surface area contributed by atoms with Crippen molar-refractivity contribution >= 4 is 15.8 Å². The molecule has 1 N–H and O–H groups in total. The van der Waals surface area contributed by atoms with Crippen molar-refractivity contribution in [2.24, 2.45) is 0 Å². The molecule has 2 heterocycles. The van der Waals surface area contributed by atoms with Crippen LogP contribution in [0.25, 0.3) is 0 Å². The molecule has 0 saturated carbocycles. The number of ether oxygens (including phenoxy) is 1. The molecule has 1 aromatic heterocycles. The summed E-state index contributed by atoms with van der Waals surface area (Å²) in [6.45, 7) is 3.72. The van der Waals surface area contributed by atoms with Gasteiger partial charge in [-0.25, -0.2) is 13.4 Å². The van der Waals surface area contributed by atoms with Gasteiger partial charge in [-0.1, -0.05) is 18.2 Å². The number of para-hydroxylation sites is 1. The molecule has 0 radical (unpaired) electrons. The zero-order valence-electron chi connectivity index (χ0n) is 14.3. The van der Waals surface area contributed by atoms with Gasteiger partial charge in [0.25, 0.3) is 0 Å². The second kappa shape index (κ2) is 7.84. The molecule has 0 aliphatic carbocycles. The minimum Gasteiger partial charge on any atom is -0.489 e. The van der Waals surface area contributed by atoms with E-state index in [2.05, 4.69) is 10.3 Å². The fourth-order valence-corrected chi connectivity index (χ4v) is 4.20. The van der Waals surface area contributed by atoms with Gasteiger partial charge in [0.05, 0.1) is 6.54 Å². The Balaban J connectivity index is 1.55. The molecule has 1 unspecified atom stereocenters. The third-order valence-electron chi connectivity index (χ3n) is 4.09. The lowest BCUT2D eigenvalue weighted by Gasteiger charge is -2.17. The Morgan fingerprint density at radius 2 is 1.88 bits per heavy atom. The fraction of sp³-hybridized carbons (Fsp3) is 0.389. The Kier molecular flexibility index (Phi) is 5.55. The monoisotopic (exact) mass is 361 g/mol. The van der Waals surface area contributed by atoms with Crippen LogP contribution in [0.1, 0.15) is 19.8 Å². The van der Waals surface area contributed by atoms with Gasteiger partial charge in [-0.15, -0.1) is 0 Å². The molecule has 1 fully saturated rings. The zero-order chi connectivity index (χ0) is 17.7. The summed E-state index contributed by atoms with van der Waals surface area (Å²) in [7, 11) is -3.41. The van der Waals surface area contributed by atoms with Gasteiger partial charge in [-0.3, -0.25) is 0 Å². The Morgan fingerprint density at radius 1 is 1.16 bits per heavy atom. The average molecular weight is 361 g/mol. The number of pyridine rings is 1. The van der Waals surface area contributed by atoms with Crippen molar-refractivity contribution < 1.29 is 13.2 Å². The molecule has 1 aliphatic rings. The maximum atomic E-state index is 12.5. The number of anilines is 1. The molecule has 6 nitrogen and oxygen atoms in total. The summed E-state index contributed by atoms with van der Waals surface area (Å²) in [4.78, 5) is 4.47. The topological polar surface area (TPSA) is 71.5 Å². The highest BCUT2D eigenvalue weighted by Crippen LogP contribution is 2.21. The lowest BCUT2D eigenvalue weighted by atomic mass is 10.3. The first kappa shape index (κ1) is 17.7. The minimum atomic E-state index is -3.41. The second-order valence-electron chi connectivity index (χ2n) is 6.11. The summed E-state index contributed by atoms with van der Waals surface area (Å²) >= 11 is 0. The van der Waals surface area contributed by atoms with Gasteiger partial charge in [-0.05, 0) is 44.0 Å². The van der Waals surface area contributed by atoms with Gasteiger partial charge in [0, 0.05) is 19.3 Å². The molecule has 0 amide bonds. The number of hydrogen-bond donors (Lipinski definition) is 1. The van der Waals surface area contributed by atoms with E-state index in [1.807, 2.05) is 37.3 Å². The van der Waals surface area contributed by atoms with E-state index in [0.29, 0.717) is 25.5 Å². The molecule has 25 heavy (non-hydrogen) atoms. The van der Waals surface area contributed by atoms with Crippen LogP contribution in [0.5, 0.6) is 5.75 Å². The molecular formula is C18H23N3O3S. The number of nitrogens with one attached hydrogen (secondary N) is 1. The van der Waals surface area contributed by atoms with Crippen LogP contribution in [0.3, 0.4) is 0 Å². The first-order valence-corrected chi connectivity index (χ1v) is 9.91. The third-order valence-corrected chi connectivity index (χ3v) is 5.97. The van der Waals surface area contributed by atoms with Gasteiger partial charge in [0.2, 0.25) is 10.0 Å². The van der Waals surface area contributed by atoms with E-state index in [4.69, 9.17) is 4.74 Å². The highest BCUT2D eigenvalue weighted by atomic mass is 32.2. The molecule has 0 spiro atoms. The fourth-order valence-electron chi connectivity index (χ4n) is 2.74. The lowest BCUT2D eigenvalue weighted by Crippen LogP contribution is -2.28. The van der Waals surface area contributed by atoms with Crippen LogP contribution in [0.2, 0.25) is 0 Å². The summed E-state index contributed by atoms with van der Waals surface area (Å²) in [6, 6.07) is 12.9. The summed E-state index contributed by atoms with van der Waals surface area (Å²) in [5.74, 6) is 1.45. The molecule has 134 valence electrons. The van der Waals surface area contributed by atoms with Gasteiger partial charge in [-0.2, -0.15) is 4.31 Å². The number of aromatic nitrogens is 1. The Bertz CT molecular complexity index is 773. The number of rotatable bonds is 7. The molecule has 2 aromatic rings. The van der Waals surface area contributed by atoms with Crippen molar-refractivity contribution in [3.05, 3.63) is 48.7 Å². The first-order chi connectivity index (χ1) is 12.1. The molecular weight excluding hydrogens is 338 g/mol. The van der Waals surface area contributed by atoms with Crippen LogP contribution < -0.4 is 10.1 Å². The van der Waals surface area contributed by atoms with Gasteiger partial charge < -0.3 is 10.1 Å². The lowest BCUT2D eigenvalue weighted by molar-refractivity contribution is 0.234. The van der Waals surface area contributed by atoms with Crippen LogP contribution in [-0.2, 0) is 10.0 Å². The third kappa shape index (κ3) is 4.49. The van der Waals surface area contributed by atoms with Crippen LogP contribution in [-0.4, -0.2) is 43.4 Å². The van der Waals surface area contributed by atoms with Gasteiger partial charge in [0.1, 0.15) is 22.6 Å². The predicted octanol–water partition coefficient (Wildman–Crippen LogP) is 2.75. The largest absolute Gasteiger partial charge is 0.489 e. The van der Waals surface area contributed by atoms with E-state index in [1.165, 1.54) is 10.5 Å². The number of benzene rings is 1. The van der Waals surface area contributed by atoms with Crippen molar-refractivity contribution in [3.8, 4) is 5.75 Å². The van der Waals surface area contributed by atoms with Crippen LogP contribution in [0, 0.1) is 0 Å². The summed E-state index contributed by atoms with van der Waals surface area (Å²) in [6.07, 6.45) is 3.22. The SMILES string of the molecule is CC(CNc1ccc(S(=O)(=O)N2CCCC2)cn1)Oc1ccccc1. The van der Waals surface area contributed by atoms with E-state index in [9.17, 15) is 8.42 Å². The molecule has 3 rings (SSSR count). The highest BCUT2D eigenvalue weighted by molar-refractivity contribution is 7.89. The Hall–Kier alpha value is -2.12. The summed E-state index contributed by atoms with van der Waals surface area (Å²) < 4.78 is 32.2. The summed E-state index contributed by atoms with van der Waals surface area (Å²) in [5, 5.41) is 3.17. The molecule has 1 aromatic carbocycles. The normalized spacial score (nSPS) is 16.5. The van der Waals surface area contributed by atoms with Crippen molar-refractivity contribution in [2.45, 2.75) is 30.8 Å². The number of hydrogen-bond acceptors (Lipinski definition) is 5. The van der Waals surface area contributed by atoms with E-state index >= 15 is 0 Å². The minimum absolute atomic E-state index is 0.0443. The second-order valence-corrected chi connectivity index (χ2v) is 8.05. The van der Waals surface area contributed by atoms with E-state index < -0.39 is 10.0 Å². The van der Waals surface area contributed by atoms with Crippen LogP contribution >= 0.6 is 0 Å². The zero-order valence-corrected chi connectivity index (χ0v) is 15.1. The molecule has 1 aliphatic heterocycles. The van der Waals surface area contributed by atoms with E-state index in [0.717, 1.165) is 18.6 Å². The smallest absolute Gasteiger partial charge is 0.244 e. The van der Waals surface area contributed by atoms with Crippen molar-refractivity contribution in [1.29, 1.82) is 0 Å². The first-order valence-electron chi connectivity index (χ1n) is 8.47. The van der Waals surface area contributed by atoms with Crippen molar-refractivity contribution in [3.63, 3.8) is 0 Å². The van der Waals surface area contributed by atoms with Crippen molar-refractivity contribution in [2.75, 3.05) is 25.0 Å². The number of sulfonamides is 1. The number of nitrogens with zero attached hydrogens (tertiary/aromatic N) is 2.